The highest BCUT2D eigenvalue weighted by atomic mass is 16.5. The number of aromatic nitrogens is 1. The van der Waals surface area contributed by atoms with Crippen LogP contribution in [-0.4, -0.2) is 17.5 Å². The standard InChI is InChI=1S/C27H23N3O5/c1-2-32-21-7-9-22(10-8-21)35-26-15-19(13-14-29-26)17-30-27(31)25-12-11-23(34-25)18-33-24-6-4-3-5-20(24)16-28/h3-15H,2,17-18H2,1H3,(H,30,31). The second-order valence-corrected chi connectivity index (χ2v) is 7.35. The first-order valence-electron chi connectivity index (χ1n) is 11.0. The van der Waals surface area contributed by atoms with E-state index in [4.69, 9.17) is 23.9 Å². The van der Waals surface area contributed by atoms with Crippen LogP contribution in [0.15, 0.2) is 83.4 Å². The average Bonchev–Trinajstić information content (AvgIpc) is 3.37. The Bertz CT molecular complexity index is 1330. The molecule has 0 atom stereocenters. The molecule has 0 aliphatic rings. The van der Waals surface area contributed by atoms with Crippen molar-refractivity contribution in [2.75, 3.05) is 6.61 Å². The van der Waals surface area contributed by atoms with Gasteiger partial charge in [-0.2, -0.15) is 5.26 Å². The van der Waals surface area contributed by atoms with E-state index in [9.17, 15) is 4.79 Å². The molecule has 1 N–H and O–H groups in total. The number of nitriles is 1. The van der Waals surface area contributed by atoms with Crippen molar-refractivity contribution in [1.82, 2.24) is 10.3 Å². The van der Waals surface area contributed by atoms with E-state index >= 15 is 0 Å². The number of benzene rings is 2. The van der Waals surface area contributed by atoms with Gasteiger partial charge in [0.1, 0.15) is 35.7 Å². The van der Waals surface area contributed by atoms with Crippen LogP contribution in [0.4, 0.5) is 0 Å². The number of hydrogen-bond donors (Lipinski definition) is 1. The van der Waals surface area contributed by atoms with Crippen LogP contribution in [0.2, 0.25) is 0 Å². The lowest BCUT2D eigenvalue weighted by atomic mass is 10.2. The van der Waals surface area contributed by atoms with Crippen molar-refractivity contribution in [3.63, 3.8) is 0 Å². The Labute approximate surface area is 202 Å². The smallest absolute Gasteiger partial charge is 0.287 e. The molecule has 8 nitrogen and oxygen atoms in total. The SMILES string of the molecule is CCOc1ccc(Oc2cc(CNC(=O)c3ccc(COc4ccccc4C#N)o3)ccn2)cc1. The molecule has 0 fully saturated rings. The van der Waals surface area contributed by atoms with Gasteiger partial charge in [0.2, 0.25) is 5.88 Å². The van der Waals surface area contributed by atoms with Crippen molar-refractivity contribution < 1.29 is 23.4 Å². The van der Waals surface area contributed by atoms with Crippen LogP contribution in [0.25, 0.3) is 0 Å². The van der Waals surface area contributed by atoms with Gasteiger partial charge in [-0.3, -0.25) is 4.79 Å². The van der Waals surface area contributed by atoms with Crippen molar-refractivity contribution in [2.24, 2.45) is 0 Å². The number of para-hydroxylation sites is 1. The van der Waals surface area contributed by atoms with Gasteiger partial charge in [-0.15, -0.1) is 0 Å². The minimum Gasteiger partial charge on any atom is -0.494 e. The van der Waals surface area contributed by atoms with E-state index in [1.165, 1.54) is 0 Å². The van der Waals surface area contributed by atoms with Crippen LogP contribution in [-0.2, 0) is 13.2 Å². The average molecular weight is 469 g/mol. The van der Waals surface area contributed by atoms with E-state index in [0.29, 0.717) is 35.3 Å². The number of carbonyl (C=O) groups is 1. The molecule has 0 saturated heterocycles. The first-order chi connectivity index (χ1) is 17.1. The second-order valence-electron chi connectivity index (χ2n) is 7.35. The van der Waals surface area contributed by atoms with Gasteiger partial charge in [0.25, 0.3) is 5.91 Å². The molecule has 0 saturated carbocycles. The first-order valence-corrected chi connectivity index (χ1v) is 11.0. The molecule has 0 unspecified atom stereocenters. The third-order valence-electron chi connectivity index (χ3n) is 4.87. The van der Waals surface area contributed by atoms with Crippen LogP contribution in [0, 0.1) is 11.3 Å². The van der Waals surface area contributed by atoms with Gasteiger partial charge in [0.05, 0.1) is 12.2 Å². The summed E-state index contributed by atoms with van der Waals surface area (Å²) in [5, 5.41) is 12.0. The monoisotopic (exact) mass is 469 g/mol. The normalized spacial score (nSPS) is 10.3. The summed E-state index contributed by atoms with van der Waals surface area (Å²) in [4.78, 5) is 16.7. The van der Waals surface area contributed by atoms with E-state index in [0.717, 1.165) is 11.3 Å². The number of rotatable bonds is 10. The van der Waals surface area contributed by atoms with E-state index in [1.54, 1.807) is 66.9 Å². The number of nitrogens with zero attached hydrogens (tertiary/aromatic N) is 2. The van der Waals surface area contributed by atoms with Crippen LogP contribution in [0.1, 0.15) is 34.4 Å². The maximum atomic E-state index is 12.5. The fourth-order valence-corrected chi connectivity index (χ4v) is 3.19. The summed E-state index contributed by atoms with van der Waals surface area (Å²) < 4.78 is 22.5. The fraction of sp³-hybridized carbons (Fsp3) is 0.148. The van der Waals surface area contributed by atoms with Gasteiger partial charge in [-0.05, 0) is 67.1 Å². The van der Waals surface area contributed by atoms with Crippen LogP contribution >= 0.6 is 0 Å². The molecule has 1 amide bonds. The van der Waals surface area contributed by atoms with Crippen molar-refractivity contribution in [3.8, 4) is 29.2 Å². The second kappa shape index (κ2) is 11.4. The summed E-state index contributed by atoms with van der Waals surface area (Å²) in [6.45, 7) is 2.89. The van der Waals surface area contributed by atoms with Crippen molar-refractivity contribution in [3.05, 3.63) is 102 Å². The lowest BCUT2D eigenvalue weighted by Gasteiger charge is -2.08. The van der Waals surface area contributed by atoms with Crippen LogP contribution in [0.5, 0.6) is 23.1 Å². The zero-order valence-corrected chi connectivity index (χ0v) is 19.1. The van der Waals surface area contributed by atoms with E-state index < -0.39 is 0 Å². The maximum absolute atomic E-state index is 12.5. The zero-order chi connectivity index (χ0) is 24.5. The van der Waals surface area contributed by atoms with Gasteiger partial charge in [0, 0.05) is 18.8 Å². The highest BCUT2D eigenvalue weighted by Crippen LogP contribution is 2.23. The summed E-state index contributed by atoms with van der Waals surface area (Å²) in [6.07, 6.45) is 1.62. The largest absolute Gasteiger partial charge is 0.494 e. The maximum Gasteiger partial charge on any atom is 0.287 e. The van der Waals surface area contributed by atoms with Crippen molar-refractivity contribution in [1.29, 1.82) is 5.26 Å². The summed E-state index contributed by atoms with van der Waals surface area (Å²) >= 11 is 0. The number of amides is 1. The molecule has 2 heterocycles. The molecular weight excluding hydrogens is 446 g/mol. The Balaban J connectivity index is 1.30. The molecule has 0 aliphatic heterocycles. The Morgan fingerprint density at radius 3 is 2.63 bits per heavy atom. The topological polar surface area (TPSA) is 107 Å². The third kappa shape index (κ3) is 6.39. The van der Waals surface area contributed by atoms with Crippen LogP contribution < -0.4 is 19.5 Å². The van der Waals surface area contributed by atoms with Gasteiger partial charge in [-0.25, -0.2) is 4.98 Å². The number of ether oxygens (including phenoxy) is 3. The molecule has 4 rings (SSSR count). The van der Waals surface area contributed by atoms with Gasteiger partial charge in [0.15, 0.2) is 5.76 Å². The molecule has 35 heavy (non-hydrogen) atoms. The lowest BCUT2D eigenvalue weighted by molar-refractivity contribution is 0.0919. The third-order valence-corrected chi connectivity index (χ3v) is 4.87. The molecule has 0 radical (unpaired) electrons. The molecular formula is C27H23N3O5. The van der Waals surface area contributed by atoms with Gasteiger partial charge < -0.3 is 23.9 Å². The highest BCUT2D eigenvalue weighted by molar-refractivity contribution is 5.91. The summed E-state index contributed by atoms with van der Waals surface area (Å²) in [7, 11) is 0. The first kappa shape index (κ1) is 23.4. The molecule has 176 valence electrons. The molecule has 2 aromatic heterocycles. The zero-order valence-electron chi connectivity index (χ0n) is 19.1. The number of hydrogen-bond acceptors (Lipinski definition) is 7. The van der Waals surface area contributed by atoms with E-state index in [-0.39, 0.29) is 24.8 Å². The molecule has 0 spiro atoms. The Kier molecular flexibility index (Phi) is 7.61. The number of nitrogens with one attached hydrogen (secondary N) is 1. The number of furan rings is 1. The summed E-state index contributed by atoms with van der Waals surface area (Å²) in [5.74, 6) is 2.54. The summed E-state index contributed by atoms with van der Waals surface area (Å²) in [5.41, 5.74) is 1.25. The number of pyridine rings is 1. The number of carbonyl (C=O) groups excluding carboxylic acids is 1. The molecule has 0 bridgehead atoms. The predicted molar refractivity (Wildman–Crippen MR) is 127 cm³/mol. The van der Waals surface area contributed by atoms with Gasteiger partial charge in [-0.1, -0.05) is 12.1 Å². The van der Waals surface area contributed by atoms with Crippen molar-refractivity contribution in [2.45, 2.75) is 20.1 Å². The van der Waals surface area contributed by atoms with Crippen LogP contribution in [0.3, 0.4) is 0 Å². The lowest BCUT2D eigenvalue weighted by Crippen LogP contribution is -2.22. The minimum absolute atomic E-state index is 0.0998. The fourth-order valence-electron chi connectivity index (χ4n) is 3.19. The molecule has 4 aromatic rings. The Hall–Kier alpha value is -4.77. The van der Waals surface area contributed by atoms with E-state index in [2.05, 4.69) is 16.4 Å². The molecule has 2 aromatic carbocycles. The quantitative estimate of drug-likeness (QED) is 0.338. The van der Waals surface area contributed by atoms with Crippen molar-refractivity contribution >= 4 is 5.91 Å². The summed E-state index contributed by atoms with van der Waals surface area (Å²) in [6, 6.07) is 23.0. The van der Waals surface area contributed by atoms with Gasteiger partial charge >= 0.3 is 0 Å². The Morgan fingerprint density at radius 2 is 1.83 bits per heavy atom. The van der Waals surface area contributed by atoms with E-state index in [1.807, 2.05) is 19.1 Å². The Morgan fingerprint density at radius 1 is 1.03 bits per heavy atom. The predicted octanol–water partition coefficient (Wildman–Crippen LogP) is 5.25. The molecule has 0 aliphatic carbocycles. The molecule has 8 heteroatoms. The highest BCUT2D eigenvalue weighted by Gasteiger charge is 2.12. The minimum atomic E-state index is -0.362.